The number of hydrogen-bond donors (Lipinski definition) is 1. The minimum atomic E-state index is -4.31. The molecule has 0 saturated carbocycles. The van der Waals surface area contributed by atoms with E-state index in [-0.39, 0.29) is 0 Å². The number of methoxy groups -OCH3 is 2. The maximum absolute atomic E-state index is 12.7. The quantitative estimate of drug-likeness (QED) is 0.886. The second kappa shape index (κ2) is 7.37. The molecule has 23 heavy (non-hydrogen) atoms. The first-order chi connectivity index (χ1) is 11.0. The van der Waals surface area contributed by atoms with Crippen LogP contribution in [0.5, 0.6) is 11.5 Å². The van der Waals surface area contributed by atoms with Crippen molar-refractivity contribution in [3.05, 3.63) is 59.2 Å². The van der Waals surface area contributed by atoms with Gasteiger partial charge >= 0.3 is 6.18 Å². The Morgan fingerprint density at radius 2 is 1.70 bits per heavy atom. The van der Waals surface area contributed by atoms with E-state index in [1.165, 1.54) is 12.1 Å². The highest BCUT2D eigenvalue weighted by molar-refractivity contribution is 5.46. The fourth-order valence-corrected chi connectivity index (χ4v) is 2.38. The number of quaternary nitrogens is 1. The normalized spacial score (nSPS) is 11.3. The Bertz CT molecular complexity index is 657. The van der Waals surface area contributed by atoms with Crippen LogP contribution in [0.3, 0.4) is 0 Å². The fraction of sp³-hybridized carbons (Fsp3) is 0.294. The third kappa shape index (κ3) is 4.39. The number of alkyl halides is 3. The summed E-state index contributed by atoms with van der Waals surface area (Å²) in [5.74, 6) is 1.28. The molecule has 2 rings (SSSR count). The summed E-state index contributed by atoms with van der Waals surface area (Å²) in [5.41, 5.74) is 0.933. The van der Waals surface area contributed by atoms with Crippen LogP contribution < -0.4 is 14.8 Å². The van der Waals surface area contributed by atoms with Crippen LogP contribution in [0.4, 0.5) is 13.2 Å². The first-order valence-electron chi connectivity index (χ1n) is 7.13. The van der Waals surface area contributed by atoms with Gasteiger partial charge in [-0.05, 0) is 24.3 Å². The van der Waals surface area contributed by atoms with Gasteiger partial charge in [0.25, 0.3) is 0 Å². The summed E-state index contributed by atoms with van der Waals surface area (Å²) in [5, 5.41) is 1.92. The van der Waals surface area contributed by atoms with Gasteiger partial charge in [-0.15, -0.1) is 0 Å². The first kappa shape index (κ1) is 17.1. The predicted octanol–water partition coefficient (Wildman–Crippen LogP) is 2.99. The van der Waals surface area contributed by atoms with Gasteiger partial charge in [0.2, 0.25) is 0 Å². The zero-order valence-electron chi connectivity index (χ0n) is 13.0. The van der Waals surface area contributed by atoms with E-state index in [9.17, 15) is 13.2 Å². The first-order valence-corrected chi connectivity index (χ1v) is 7.13. The van der Waals surface area contributed by atoms with Gasteiger partial charge in [0.05, 0.1) is 25.3 Å². The molecule has 0 aromatic heterocycles. The van der Waals surface area contributed by atoms with Gasteiger partial charge in [-0.3, -0.25) is 0 Å². The van der Waals surface area contributed by atoms with Gasteiger partial charge in [-0.1, -0.05) is 18.2 Å². The molecule has 0 radical (unpaired) electrons. The van der Waals surface area contributed by atoms with Gasteiger partial charge in [0.1, 0.15) is 13.1 Å². The van der Waals surface area contributed by atoms with Crippen molar-refractivity contribution in [3.63, 3.8) is 0 Å². The van der Waals surface area contributed by atoms with E-state index < -0.39 is 11.7 Å². The van der Waals surface area contributed by atoms with Crippen LogP contribution in [0.2, 0.25) is 0 Å². The zero-order chi connectivity index (χ0) is 16.9. The Labute approximate surface area is 133 Å². The summed E-state index contributed by atoms with van der Waals surface area (Å²) in [6.07, 6.45) is -4.31. The van der Waals surface area contributed by atoms with Gasteiger partial charge in [-0.2, -0.15) is 13.2 Å². The monoisotopic (exact) mass is 326 g/mol. The summed E-state index contributed by atoms with van der Waals surface area (Å²) in [7, 11) is 3.13. The van der Waals surface area contributed by atoms with E-state index in [2.05, 4.69) is 0 Å². The minimum absolute atomic E-state index is 0.449. The van der Waals surface area contributed by atoms with E-state index in [1.54, 1.807) is 26.4 Å². The van der Waals surface area contributed by atoms with Crippen LogP contribution in [-0.2, 0) is 19.3 Å². The predicted molar refractivity (Wildman–Crippen MR) is 80.3 cm³/mol. The Morgan fingerprint density at radius 3 is 2.35 bits per heavy atom. The second-order valence-corrected chi connectivity index (χ2v) is 5.05. The van der Waals surface area contributed by atoms with Crippen LogP contribution in [0.15, 0.2) is 42.5 Å². The lowest BCUT2D eigenvalue weighted by Gasteiger charge is -2.12. The highest BCUT2D eigenvalue weighted by atomic mass is 19.4. The Hall–Kier alpha value is -2.21. The average Bonchev–Trinajstić information content (AvgIpc) is 2.54. The zero-order valence-corrected chi connectivity index (χ0v) is 13.0. The average molecular weight is 326 g/mol. The van der Waals surface area contributed by atoms with Crippen LogP contribution >= 0.6 is 0 Å². The number of nitrogens with two attached hydrogens (primary N) is 1. The molecule has 0 aliphatic heterocycles. The molecule has 0 bridgehead atoms. The molecule has 124 valence electrons. The molecule has 0 spiro atoms. The third-order valence-electron chi connectivity index (χ3n) is 3.48. The fourth-order valence-electron chi connectivity index (χ4n) is 2.38. The summed E-state index contributed by atoms with van der Waals surface area (Å²) in [4.78, 5) is 0. The van der Waals surface area contributed by atoms with E-state index in [0.29, 0.717) is 30.2 Å². The molecule has 0 unspecified atom stereocenters. The summed E-state index contributed by atoms with van der Waals surface area (Å²) in [6.45, 7) is 1.03. The molecule has 0 saturated heterocycles. The lowest BCUT2D eigenvalue weighted by Crippen LogP contribution is -2.80. The molecular formula is C17H19F3NO2+. The lowest BCUT2D eigenvalue weighted by atomic mass is 10.1. The standard InChI is InChI=1S/C17H18F3NO2/c1-22-15-8-4-6-13(16(15)23-2)11-21-10-12-5-3-7-14(9-12)17(18,19)20/h3-9,21H,10-11H2,1-2H3/p+1. The number of rotatable bonds is 6. The van der Waals surface area contributed by atoms with Crippen LogP contribution in [0, 0.1) is 0 Å². The highest BCUT2D eigenvalue weighted by Gasteiger charge is 2.30. The SMILES string of the molecule is COc1cccc(C[NH2+]Cc2cccc(C(F)(F)F)c2)c1OC. The van der Waals surface area contributed by atoms with Gasteiger partial charge in [-0.25, -0.2) is 0 Å². The molecule has 3 nitrogen and oxygen atoms in total. The number of ether oxygens (including phenoxy) is 2. The maximum Gasteiger partial charge on any atom is 0.416 e. The number of benzene rings is 2. The Morgan fingerprint density at radius 1 is 0.957 bits per heavy atom. The molecule has 2 aromatic carbocycles. The molecule has 2 aromatic rings. The molecular weight excluding hydrogens is 307 g/mol. The van der Waals surface area contributed by atoms with Crippen molar-refractivity contribution < 1.29 is 28.0 Å². The topological polar surface area (TPSA) is 35.1 Å². The molecule has 0 fully saturated rings. The van der Waals surface area contributed by atoms with E-state index >= 15 is 0 Å². The molecule has 0 heterocycles. The third-order valence-corrected chi connectivity index (χ3v) is 3.48. The van der Waals surface area contributed by atoms with Crippen molar-refractivity contribution >= 4 is 0 Å². The number of hydrogen-bond acceptors (Lipinski definition) is 2. The Kier molecular flexibility index (Phi) is 5.50. The number of halogens is 3. The lowest BCUT2D eigenvalue weighted by molar-refractivity contribution is -0.686. The number of para-hydroxylation sites is 1. The highest BCUT2D eigenvalue weighted by Crippen LogP contribution is 2.30. The van der Waals surface area contributed by atoms with E-state index in [4.69, 9.17) is 9.47 Å². The van der Waals surface area contributed by atoms with Crippen molar-refractivity contribution in [1.82, 2.24) is 0 Å². The van der Waals surface area contributed by atoms with Crippen LogP contribution in [-0.4, -0.2) is 14.2 Å². The molecule has 0 atom stereocenters. The smallest absolute Gasteiger partial charge is 0.416 e. The summed E-state index contributed by atoms with van der Waals surface area (Å²) < 4.78 is 48.7. The van der Waals surface area contributed by atoms with Crippen molar-refractivity contribution in [1.29, 1.82) is 0 Å². The van der Waals surface area contributed by atoms with Crippen LogP contribution in [0.1, 0.15) is 16.7 Å². The van der Waals surface area contributed by atoms with Crippen molar-refractivity contribution in [2.75, 3.05) is 14.2 Å². The van der Waals surface area contributed by atoms with Gasteiger partial charge in [0, 0.05) is 5.56 Å². The minimum Gasteiger partial charge on any atom is -0.493 e. The Balaban J connectivity index is 2.03. The van der Waals surface area contributed by atoms with Gasteiger partial charge in [0.15, 0.2) is 11.5 Å². The largest absolute Gasteiger partial charge is 0.493 e. The van der Waals surface area contributed by atoms with Crippen molar-refractivity contribution in [3.8, 4) is 11.5 Å². The maximum atomic E-state index is 12.7. The summed E-state index contributed by atoms with van der Waals surface area (Å²) in [6, 6.07) is 10.9. The van der Waals surface area contributed by atoms with E-state index in [1.807, 2.05) is 17.4 Å². The molecule has 2 N–H and O–H groups in total. The summed E-state index contributed by atoms with van der Waals surface area (Å²) >= 11 is 0. The molecule has 0 amide bonds. The van der Waals surface area contributed by atoms with Gasteiger partial charge < -0.3 is 14.8 Å². The second-order valence-electron chi connectivity index (χ2n) is 5.05. The molecule has 0 aliphatic rings. The van der Waals surface area contributed by atoms with Crippen LogP contribution in [0.25, 0.3) is 0 Å². The van der Waals surface area contributed by atoms with E-state index in [0.717, 1.165) is 11.6 Å². The molecule has 0 aliphatic carbocycles. The van der Waals surface area contributed by atoms with Crippen molar-refractivity contribution in [2.45, 2.75) is 19.3 Å². The van der Waals surface area contributed by atoms with Crippen molar-refractivity contribution in [2.24, 2.45) is 0 Å². The molecule has 6 heteroatoms.